The van der Waals surface area contributed by atoms with Crippen LogP contribution in [0.1, 0.15) is 37.0 Å². The Kier molecular flexibility index (Phi) is 6.33. The van der Waals surface area contributed by atoms with Gasteiger partial charge < -0.3 is 4.74 Å². The van der Waals surface area contributed by atoms with Gasteiger partial charge in [0, 0.05) is 11.3 Å². The minimum atomic E-state index is -3.74. The molecule has 1 amide bonds. The van der Waals surface area contributed by atoms with Crippen LogP contribution in [0.2, 0.25) is 0 Å². The van der Waals surface area contributed by atoms with Gasteiger partial charge in [0.25, 0.3) is 15.9 Å². The number of allylic oxidation sites excluding steroid dienone is 2. The van der Waals surface area contributed by atoms with Crippen molar-refractivity contribution >= 4 is 27.3 Å². The minimum absolute atomic E-state index is 0.124. The third kappa shape index (κ3) is 5.45. The fraction of sp³-hybridized carbons (Fsp3) is 0.238. The highest BCUT2D eigenvalue weighted by Gasteiger charge is 2.15. The van der Waals surface area contributed by atoms with Gasteiger partial charge in [0.15, 0.2) is 0 Å². The summed E-state index contributed by atoms with van der Waals surface area (Å²) in [5.41, 5.74) is 5.35. The largest absolute Gasteiger partial charge is 0.494 e. The van der Waals surface area contributed by atoms with Crippen LogP contribution in [0.5, 0.6) is 5.75 Å². The number of amides is 1. The van der Waals surface area contributed by atoms with Gasteiger partial charge in [0.1, 0.15) is 5.75 Å². The summed E-state index contributed by atoms with van der Waals surface area (Å²) in [4.78, 5) is 12.3. The standard InChI is InChI=1S/C21H23N3O4S/c1-3-28-19-10-12-20(13-11-19)29(26,27)24-17-8-5-16(6-9-17)21(25)23-22-18-7-4-15(2)14-18/h5-6,8-14,24H,3-4,7H2,1-2H3,(H,23,25)/b22-18+. The van der Waals surface area contributed by atoms with E-state index in [2.05, 4.69) is 15.2 Å². The van der Waals surface area contributed by atoms with Gasteiger partial charge in [0.2, 0.25) is 0 Å². The van der Waals surface area contributed by atoms with E-state index in [1.54, 1.807) is 24.3 Å². The van der Waals surface area contributed by atoms with Crippen molar-refractivity contribution in [2.75, 3.05) is 11.3 Å². The lowest BCUT2D eigenvalue weighted by atomic mass is 10.2. The SMILES string of the molecule is CCOc1ccc(S(=O)(=O)Nc2ccc(C(=O)N/N=C3/C=C(C)CC3)cc2)cc1. The Labute approximate surface area is 170 Å². The van der Waals surface area contributed by atoms with Crippen molar-refractivity contribution in [1.82, 2.24) is 5.43 Å². The molecule has 0 saturated heterocycles. The highest BCUT2D eigenvalue weighted by Crippen LogP contribution is 2.20. The van der Waals surface area contributed by atoms with E-state index in [9.17, 15) is 13.2 Å². The number of carbonyl (C=O) groups excluding carboxylic acids is 1. The van der Waals surface area contributed by atoms with Crippen LogP contribution in [0.15, 0.2) is 70.2 Å². The van der Waals surface area contributed by atoms with Gasteiger partial charge in [-0.15, -0.1) is 0 Å². The smallest absolute Gasteiger partial charge is 0.271 e. The van der Waals surface area contributed by atoms with Gasteiger partial charge in [-0.05, 0) is 81.3 Å². The molecule has 0 unspecified atom stereocenters. The predicted molar refractivity (Wildman–Crippen MR) is 113 cm³/mol. The van der Waals surface area contributed by atoms with Crippen LogP contribution in [-0.4, -0.2) is 26.6 Å². The van der Waals surface area contributed by atoms with Crippen LogP contribution in [-0.2, 0) is 10.0 Å². The molecule has 2 aromatic rings. The van der Waals surface area contributed by atoms with Crippen molar-refractivity contribution in [2.45, 2.75) is 31.6 Å². The summed E-state index contributed by atoms with van der Waals surface area (Å²) in [6, 6.07) is 12.3. The number of sulfonamides is 1. The summed E-state index contributed by atoms with van der Waals surface area (Å²) in [5.74, 6) is 0.255. The van der Waals surface area contributed by atoms with E-state index in [0.29, 0.717) is 23.6 Å². The zero-order valence-corrected chi connectivity index (χ0v) is 17.1. The number of carbonyl (C=O) groups is 1. The van der Waals surface area contributed by atoms with Gasteiger partial charge >= 0.3 is 0 Å². The Morgan fingerprint density at radius 1 is 1.07 bits per heavy atom. The van der Waals surface area contributed by atoms with Crippen LogP contribution in [0.3, 0.4) is 0 Å². The summed E-state index contributed by atoms with van der Waals surface area (Å²) in [6.07, 6.45) is 3.73. The van der Waals surface area contributed by atoms with E-state index in [0.717, 1.165) is 18.6 Å². The van der Waals surface area contributed by atoms with Gasteiger partial charge in [-0.1, -0.05) is 5.57 Å². The summed E-state index contributed by atoms with van der Waals surface area (Å²) >= 11 is 0. The van der Waals surface area contributed by atoms with Gasteiger partial charge in [0.05, 0.1) is 17.2 Å². The summed E-state index contributed by atoms with van der Waals surface area (Å²) in [6.45, 7) is 4.39. The van der Waals surface area contributed by atoms with Gasteiger partial charge in [-0.3, -0.25) is 9.52 Å². The number of ether oxygens (including phenoxy) is 1. The number of hydrogen-bond donors (Lipinski definition) is 2. The molecule has 0 aromatic heterocycles. The normalized spacial score (nSPS) is 15.1. The molecule has 0 fully saturated rings. The third-order valence-corrected chi connectivity index (χ3v) is 5.73. The van der Waals surface area contributed by atoms with Crippen LogP contribution < -0.4 is 14.9 Å². The van der Waals surface area contributed by atoms with Crippen LogP contribution in [0.4, 0.5) is 5.69 Å². The molecular weight excluding hydrogens is 390 g/mol. The van der Waals surface area contributed by atoms with Crippen molar-refractivity contribution in [3.63, 3.8) is 0 Å². The van der Waals surface area contributed by atoms with E-state index in [-0.39, 0.29) is 10.8 Å². The molecular formula is C21H23N3O4S. The van der Waals surface area contributed by atoms with Crippen molar-refractivity contribution in [3.8, 4) is 5.75 Å². The quantitative estimate of drug-likeness (QED) is 0.676. The molecule has 8 heteroatoms. The van der Waals surface area contributed by atoms with E-state index in [1.165, 1.54) is 29.8 Å². The Bertz CT molecular complexity index is 1040. The number of nitrogens with zero attached hydrogens (tertiary/aromatic N) is 1. The van der Waals surface area contributed by atoms with Gasteiger partial charge in [-0.25, -0.2) is 13.8 Å². The molecule has 29 heavy (non-hydrogen) atoms. The number of nitrogens with one attached hydrogen (secondary N) is 2. The Morgan fingerprint density at radius 2 is 1.76 bits per heavy atom. The molecule has 0 spiro atoms. The molecule has 0 aliphatic heterocycles. The first-order chi connectivity index (χ1) is 13.9. The van der Waals surface area contributed by atoms with E-state index in [1.807, 2.05) is 19.9 Å². The minimum Gasteiger partial charge on any atom is -0.494 e. The molecule has 2 aromatic carbocycles. The monoisotopic (exact) mass is 413 g/mol. The molecule has 0 heterocycles. The molecule has 0 bridgehead atoms. The van der Waals surface area contributed by atoms with E-state index in [4.69, 9.17) is 4.74 Å². The first kappa shape index (κ1) is 20.6. The van der Waals surface area contributed by atoms with Crippen LogP contribution in [0.25, 0.3) is 0 Å². The molecule has 0 radical (unpaired) electrons. The maximum absolute atomic E-state index is 12.5. The highest BCUT2D eigenvalue weighted by atomic mass is 32.2. The molecule has 1 aliphatic rings. The van der Waals surface area contributed by atoms with Crippen LogP contribution >= 0.6 is 0 Å². The second-order valence-electron chi connectivity index (χ2n) is 6.62. The average Bonchev–Trinajstić information content (AvgIpc) is 3.12. The first-order valence-electron chi connectivity index (χ1n) is 9.27. The van der Waals surface area contributed by atoms with E-state index >= 15 is 0 Å². The predicted octanol–water partition coefficient (Wildman–Crippen LogP) is 3.71. The van der Waals surface area contributed by atoms with Crippen molar-refractivity contribution in [1.29, 1.82) is 0 Å². The lowest BCUT2D eigenvalue weighted by Crippen LogP contribution is -2.19. The maximum Gasteiger partial charge on any atom is 0.271 e. The Balaban J connectivity index is 1.64. The number of hydrogen-bond acceptors (Lipinski definition) is 5. The molecule has 1 aliphatic carbocycles. The van der Waals surface area contributed by atoms with Gasteiger partial charge in [-0.2, -0.15) is 5.10 Å². The maximum atomic E-state index is 12.5. The third-order valence-electron chi connectivity index (χ3n) is 4.33. The molecule has 7 nitrogen and oxygen atoms in total. The highest BCUT2D eigenvalue weighted by molar-refractivity contribution is 7.92. The number of rotatable bonds is 7. The number of hydrazone groups is 1. The molecule has 3 rings (SSSR count). The second kappa shape index (κ2) is 8.91. The summed E-state index contributed by atoms with van der Waals surface area (Å²) in [7, 11) is -3.74. The van der Waals surface area contributed by atoms with Crippen molar-refractivity contribution in [2.24, 2.45) is 5.10 Å². The van der Waals surface area contributed by atoms with Crippen LogP contribution in [0, 0.1) is 0 Å². The van der Waals surface area contributed by atoms with Crippen molar-refractivity contribution in [3.05, 3.63) is 65.7 Å². The number of anilines is 1. The fourth-order valence-electron chi connectivity index (χ4n) is 2.81. The summed E-state index contributed by atoms with van der Waals surface area (Å²) < 4.78 is 32.8. The average molecular weight is 413 g/mol. The number of benzene rings is 2. The molecule has 0 atom stereocenters. The first-order valence-corrected chi connectivity index (χ1v) is 10.8. The van der Waals surface area contributed by atoms with E-state index < -0.39 is 10.0 Å². The second-order valence-corrected chi connectivity index (χ2v) is 8.30. The zero-order valence-electron chi connectivity index (χ0n) is 16.3. The Hall–Kier alpha value is -3.13. The summed E-state index contributed by atoms with van der Waals surface area (Å²) in [5, 5.41) is 4.11. The fourth-order valence-corrected chi connectivity index (χ4v) is 3.87. The Morgan fingerprint density at radius 3 is 2.34 bits per heavy atom. The zero-order chi connectivity index (χ0) is 20.9. The topological polar surface area (TPSA) is 96.9 Å². The lowest BCUT2D eigenvalue weighted by molar-refractivity contribution is 0.0955. The molecule has 152 valence electrons. The van der Waals surface area contributed by atoms with Crippen molar-refractivity contribution < 1.29 is 17.9 Å². The lowest BCUT2D eigenvalue weighted by Gasteiger charge is -2.09. The molecule has 0 saturated carbocycles. The molecule has 2 N–H and O–H groups in total.